The minimum Gasteiger partial charge on any atom is -0.353 e. The number of unbranched alkanes of at least 4 members (excludes halogenated alkanes) is 1. The minimum atomic E-state index is -0.508. The number of benzene rings is 1. The van der Waals surface area contributed by atoms with Gasteiger partial charge in [-0.05, 0) is 45.3 Å². The quantitative estimate of drug-likeness (QED) is 0.443. The molecule has 5 N–H and O–H groups in total. The van der Waals surface area contributed by atoms with Crippen LogP contribution in [0.2, 0.25) is 0 Å². The predicted molar refractivity (Wildman–Crippen MR) is 96.7 cm³/mol. The zero-order valence-electron chi connectivity index (χ0n) is 14.7. The van der Waals surface area contributed by atoms with Crippen LogP contribution in [0, 0.1) is 6.92 Å². The molecule has 0 aliphatic carbocycles. The lowest BCUT2D eigenvalue weighted by molar-refractivity contribution is -0.128. The van der Waals surface area contributed by atoms with Crippen LogP contribution in [0.1, 0.15) is 30.4 Å². The van der Waals surface area contributed by atoms with E-state index in [4.69, 9.17) is 5.73 Å². The summed E-state index contributed by atoms with van der Waals surface area (Å²) in [6.45, 7) is 3.70. The smallest absolute Gasteiger partial charge is 0.242 e. The first kappa shape index (κ1) is 20.1. The molecule has 1 aromatic carbocycles. The number of carbonyl (C=O) groups is 2. The monoisotopic (exact) mass is 334 g/mol. The van der Waals surface area contributed by atoms with Crippen molar-refractivity contribution < 1.29 is 9.59 Å². The zero-order valence-corrected chi connectivity index (χ0v) is 14.7. The maximum Gasteiger partial charge on any atom is 0.242 e. The lowest BCUT2D eigenvalue weighted by atomic mass is 10.1. The first-order chi connectivity index (χ1) is 11.6. The molecule has 0 saturated carbocycles. The maximum atomic E-state index is 12.2. The summed E-state index contributed by atoms with van der Waals surface area (Å²) in [6.07, 6.45) is 2.73. The molecule has 0 aromatic heterocycles. The van der Waals surface area contributed by atoms with E-state index in [2.05, 4.69) is 16.0 Å². The van der Waals surface area contributed by atoms with Crippen molar-refractivity contribution in [2.75, 3.05) is 26.7 Å². The summed E-state index contributed by atoms with van der Waals surface area (Å²) in [6, 6.07) is 7.32. The Hall–Kier alpha value is -1.92. The van der Waals surface area contributed by atoms with Crippen molar-refractivity contribution in [3.05, 3.63) is 35.4 Å². The summed E-state index contributed by atoms with van der Waals surface area (Å²) in [4.78, 5) is 24.4. The van der Waals surface area contributed by atoms with E-state index in [1.807, 2.05) is 38.2 Å². The van der Waals surface area contributed by atoms with Crippen LogP contribution in [0.25, 0.3) is 0 Å². The van der Waals surface area contributed by atoms with E-state index >= 15 is 0 Å². The summed E-state index contributed by atoms with van der Waals surface area (Å²) in [7, 11) is 1.90. The van der Waals surface area contributed by atoms with Gasteiger partial charge < -0.3 is 21.7 Å². The van der Waals surface area contributed by atoms with E-state index in [-0.39, 0.29) is 18.2 Å². The van der Waals surface area contributed by atoms with Gasteiger partial charge in [0.15, 0.2) is 0 Å². The van der Waals surface area contributed by atoms with Crippen LogP contribution in [0.5, 0.6) is 0 Å². The molecule has 6 heteroatoms. The molecular formula is C18H30N4O2. The highest BCUT2D eigenvalue weighted by molar-refractivity contribution is 5.88. The molecule has 0 fully saturated rings. The van der Waals surface area contributed by atoms with Gasteiger partial charge in [0.25, 0.3) is 0 Å². The highest BCUT2D eigenvalue weighted by Gasteiger charge is 2.20. The van der Waals surface area contributed by atoms with Gasteiger partial charge in [0.05, 0.1) is 6.42 Å². The second-order valence-electron chi connectivity index (χ2n) is 5.96. The van der Waals surface area contributed by atoms with E-state index < -0.39 is 6.04 Å². The molecule has 0 radical (unpaired) electrons. The van der Waals surface area contributed by atoms with Gasteiger partial charge in [-0.3, -0.25) is 9.59 Å². The van der Waals surface area contributed by atoms with E-state index in [0.29, 0.717) is 19.5 Å². The molecule has 0 bridgehead atoms. The van der Waals surface area contributed by atoms with Gasteiger partial charge in [-0.2, -0.15) is 0 Å². The van der Waals surface area contributed by atoms with E-state index in [9.17, 15) is 9.59 Å². The van der Waals surface area contributed by atoms with Gasteiger partial charge in [0, 0.05) is 13.1 Å². The lowest BCUT2D eigenvalue weighted by Gasteiger charge is -2.18. The Balaban J connectivity index is 2.55. The Morgan fingerprint density at radius 3 is 2.46 bits per heavy atom. The molecule has 0 aliphatic rings. The number of rotatable bonds is 11. The number of aryl methyl sites for hydroxylation is 1. The topological polar surface area (TPSA) is 96.2 Å². The van der Waals surface area contributed by atoms with Crippen LogP contribution in [0.15, 0.2) is 24.3 Å². The number of hydrogen-bond donors (Lipinski definition) is 4. The SMILES string of the molecule is CNCCCC[C@@H](NC(=O)Cc1ccc(C)cc1)C(=O)NCCN. The fourth-order valence-corrected chi connectivity index (χ4v) is 2.37. The van der Waals surface area contributed by atoms with E-state index in [0.717, 1.165) is 30.5 Å². The molecule has 2 amide bonds. The fraction of sp³-hybridized carbons (Fsp3) is 0.556. The molecule has 1 atom stereocenters. The zero-order chi connectivity index (χ0) is 17.8. The van der Waals surface area contributed by atoms with Crippen molar-refractivity contribution in [1.29, 1.82) is 0 Å². The van der Waals surface area contributed by atoms with Crippen LogP contribution < -0.4 is 21.7 Å². The third kappa shape index (κ3) is 8.08. The van der Waals surface area contributed by atoms with Crippen molar-refractivity contribution in [2.24, 2.45) is 5.73 Å². The number of nitrogens with one attached hydrogen (secondary N) is 3. The van der Waals surface area contributed by atoms with Crippen LogP contribution in [0.3, 0.4) is 0 Å². The molecule has 1 aromatic rings. The third-order valence-electron chi connectivity index (χ3n) is 3.75. The van der Waals surface area contributed by atoms with Crippen molar-refractivity contribution >= 4 is 11.8 Å². The molecule has 0 aliphatic heterocycles. The first-order valence-corrected chi connectivity index (χ1v) is 8.54. The molecule has 1 rings (SSSR count). The van der Waals surface area contributed by atoms with Gasteiger partial charge in [-0.15, -0.1) is 0 Å². The van der Waals surface area contributed by atoms with Gasteiger partial charge in [-0.1, -0.05) is 29.8 Å². The lowest BCUT2D eigenvalue weighted by Crippen LogP contribution is -2.48. The first-order valence-electron chi connectivity index (χ1n) is 8.54. The summed E-state index contributed by atoms with van der Waals surface area (Å²) >= 11 is 0. The molecule has 0 saturated heterocycles. The largest absolute Gasteiger partial charge is 0.353 e. The molecule has 24 heavy (non-hydrogen) atoms. The Morgan fingerprint density at radius 1 is 1.12 bits per heavy atom. The second kappa shape index (κ2) is 11.6. The molecule has 6 nitrogen and oxygen atoms in total. The van der Waals surface area contributed by atoms with Gasteiger partial charge in [-0.25, -0.2) is 0 Å². The number of nitrogens with two attached hydrogens (primary N) is 1. The van der Waals surface area contributed by atoms with Crippen LogP contribution in [-0.2, 0) is 16.0 Å². The number of carbonyl (C=O) groups excluding carboxylic acids is 2. The summed E-state index contributed by atoms with van der Waals surface area (Å²) in [5, 5.41) is 8.69. The van der Waals surface area contributed by atoms with Crippen LogP contribution in [0.4, 0.5) is 0 Å². The minimum absolute atomic E-state index is 0.139. The average Bonchev–Trinajstić information content (AvgIpc) is 2.57. The maximum absolute atomic E-state index is 12.2. The number of hydrogen-bond acceptors (Lipinski definition) is 4. The third-order valence-corrected chi connectivity index (χ3v) is 3.75. The molecular weight excluding hydrogens is 304 g/mol. The number of amides is 2. The van der Waals surface area contributed by atoms with Gasteiger partial charge in [0.1, 0.15) is 6.04 Å². The highest BCUT2D eigenvalue weighted by Crippen LogP contribution is 2.06. The van der Waals surface area contributed by atoms with Crippen molar-refractivity contribution in [3.63, 3.8) is 0 Å². The Morgan fingerprint density at radius 2 is 1.83 bits per heavy atom. The Kier molecular flexibility index (Phi) is 9.72. The van der Waals surface area contributed by atoms with Gasteiger partial charge >= 0.3 is 0 Å². The van der Waals surface area contributed by atoms with Crippen molar-refractivity contribution in [3.8, 4) is 0 Å². The van der Waals surface area contributed by atoms with Crippen molar-refractivity contribution in [1.82, 2.24) is 16.0 Å². The average molecular weight is 334 g/mol. The van der Waals surface area contributed by atoms with E-state index in [1.54, 1.807) is 0 Å². The molecule has 0 spiro atoms. The summed E-state index contributed by atoms with van der Waals surface area (Å²) in [5.74, 6) is -0.303. The molecule has 0 unspecified atom stereocenters. The van der Waals surface area contributed by atoms with E-state index in [1.165, 1.54) is 0 Å². The van der Waals surface area contributed by atoms with Crippen LogP contribution in [-0.4, -0.2) is 44.5 Å². The second-order valence-corrected chi connectivity index (χ2v) is 5.96. The van der Waals surface area contributed by atoms with Crippen LogP contribution >= 0.6 is 0 Å². The summed E-state index contributed by atoms with van der Waals surface area (Å²) < 4.78 is 0. The predicted octanol–water partition coefficient (Wildman–Crippen LogP) is 0.487. The molecule has 134 valence electrons. The van der Waals surface area contributed by atoms with Crippen molar-refractivity contribution in [2.45, 2.75) is 38.6 Å². The fourth-order valence-electron chi connectivity index (χ4n) is 2.37. The standard InChI is InChI=1S/C18H30N4O2/c1-14-6-8-15(9-7-14)13-17(23)22-16(5-3-4-11-20-2)18(24)21-12-10-19/h6-9,16,20H,3-5,10-13,19H2,1-2H3,(H,21,24)(H,22,23)/t16-/m1/s1. The Labute approximate surface area is 144 Å². The Bertz CT molecular complexity index is 502. The summed E-state index contributed by atoms with van der Waals surface area (Å²) in [5.41, 5.74) is 7.52. The highest BCUT2D eigenvalue weighted by atomic mass is 16.2. The molecule has 0 heterocycles. The van der Waals surface area contributed by atoms with Gasteiger partial charge in [0.2, 0.25) is 11.8 Å². The normalized spacial score (nSPS) is 11.8.